The number of para-hydroxylation sites is 1. The molecule has 0 saturated carbocycles. The summed E-state index contributed by atoms with van der Waals surface area (Å²) >= 11 is 0. The topological polar surface area (TPSA) is 57.2 Å². The monoisotopic (exact) mass is 284 g/mol. The number of benzene rings is 1. The fraction of sp³-hybridized carbons (Fsp3) is 0.353. The third kappa shape index (κ3) is 3.00. The summed E-state index contributed by atoms with van der Waals surface area (Å²) in [6.45, 7) is 1.04. The smallest absolute Gasteiger partial charge is 0.250 e. The summed E-state index contributed by atoms with van der Waals surface area (Å²) in [5.41, 5.74) is 8.36. The van der Waals surface area contributed by atoms with E-state index in [1.165, 1.54) is 0 Å². The molecule has 1 aromatic heterocycles. The Morgan fingerprint density at radius 3 is 2.81 bits per heavy atom. The van der Waals surface area contributed by atoms with Crippen molar-refractivity contribution >= 4 is 0 Å². The van der Waals surface area contributed by atoms with Crippen molar-refractivity contribution in [1.29, 1.82) is 0 Å². The van der Waals surface area contributed by atoms with Gasteiger partial charge in [0, 0.05) is 17.8 Å². The molecule has 0 spiro atoms. The van der Waals surface area contributed by atoms with Gasteiger partial charge in [-0.3, -0.25) is 4.79 Å². The summed E-state index contributed by atoms with van der Waals surface area (Å²) in [7, 11) is 0. The van der Waals surface area contributed by atoms with Crippen LogP contribution in [0.5, 0.6) is 5.75 Å². The SMILES string of the molecule is NC1CCCc2c1ccc(=O)n2CCOc1ccccc1. The van der Waals surface area contributed by atoms with Crippen LogP contribution in [-0.2, 0) is 13.0 Å². The summed E-state index contributed by atoms with van der Waals surface area (Å²) in [5.74, 6) is 0.826. The van der Waals surface area contributed by atoms with Crippen molar-refractivity contribution in [3.8, 4) is 5.75 Å². The van der Waals surface area contributed by atoms with Gasteiger partial charge in [0.05, 0.1) is 6.54 Å². The van der Waals surface area contributed by atoms with Crippen molar-refractivity contribution in [2.24, 2.45) is 5.73 Å². The molecule has 21 heavy (non-hydrogen) atoms. The average Bonchev–Trinajstić information content (AvgIpc) is 2.51. The molecule has 0 amide bonds. The highest BCUT2D eigenvalue weighted by molar-refractivity contribution is 5.27. The van der Waals surface area contributed by atoms with E-state index in [2.05, 4.69) is 0 Å². The fourth-order valence-electron chi connectivity index (χ4n) is 2.91. The van der Waals surface area contributed by atoms with Gasteiger partial charge >= 0.3 is 0 Å². The molecule has 2 N–H and O–H groups in total. The van der Waals surface area contributed by atoms with Crippen LogP contribution in [0.2, 0.25) is 0 Å². The Morgan fingerprint density at radius 2 is 2.00 bits per heavy atom. The lowest BCUT2D eigenvalue weighted by Crippen LogP contribution is -2.30. The van der Waals surface area contributed by atoms with E-state index in [-0.39, 0.29) is 11.6 Å². The van der Waals surface area contributed by atoms with E-state index < -0.39 is 0 Å². The van der Waals surface area contributed by atoms with Crippen LogP contribution in [0.25, 0.3) is 0 Å². The quantitative estimate of drug-likeness (QED) is 0.937. The Labute approximate surface area is 124 Å². The molecule has 0 radical (unpaired) electrons. The number of pyridine rings is 1. The van der Waals surface area contributed by atoms with Crippen molar-refractivity contribution in [3.63, 3.8) is 0 Å². The highest BCUT2D eigenvalue weighted by atomic mass is 16.5. The standard InChI is InChI=1S/C17H20N2O2/c18-15-7-4-8-16-14(15)9-10-17(20)19(16)11-12-21-13-5-2-1-3-6-13/h1-3,5-6,9-10,15H,4,7-8,11-12,18H2. The Morgan fingerprint density at radius 1 is 1.19 bits per heavy atom. The van der Waals surface area contributed by atoms with Crippen molar-refractivity contribution in [2.75, 3.05) is 6.61 Å². The highest BCUT2D eigenvalue weighted by Crippen LogP contribution is 2.26. The van der Waals surface area contributed by atoms with Crippen LogP contribution in [0.4, 0.5) is 0 Å². The molecular formula is C17H20N2O2. The van der Waals surface area contributed by atoms with Crippen LogP contribution in [0, 0.1) is 0 Å². The highest BCUT2D eigenvalue weighted by Gasteiger charge is 2.20. The molecule has 0 bridgehead atoms. The summed E-state index contributed by atoms with van der Waals surface area (Å²) in [6.07, 6.45) is 2.95. The van der Waals surface area contributed by atoms with Gasteiger partial charge in [-0.15, -0.1) is 0 Å². The number of rotatable bonds is 4. The van der Waals surface area contributed by atoms with Crippen LogP contribution in [-0.4, -0.2) is 11.2 Å². The maximum atomic E-state index is 12.1. The summed E-state index contributed by atoms with van der Waals surface area (Å²) in [6, 6.07) is 13.2. The molecule has 110 valence electrons. The molecule has 1 aromatic carbocycles. The fourth-order valence-corrected chi connectivity index (χ4v) is 2.91. The van der Waals surface area contributed by atoms with Gasteiger partial charge in [0.25, 0.3) is 5.56 Å². The zero-order chi connectivity index (χ0) is 14.7. The lowest BCUT2D eigenvalue weighted by atomic mass is 9.91. The van der Waals surface area contributed by atoms with Gasteiger partial charge < -0.3 is 15.0 Å². The normalized spacial score (nSPS) is 17.3. The Balaban J connectivity index is 1.76. The van der Waals surface area contributed by atoms with Crippen molar-refractivity contribution < 1.29 is 4.74 Å². The van der Waals surface area contributed by atoms with Crippen LogP contribution < -0.4 is 16.0 Å². The molecule has 1 unspecified atom stereocenters. The molecule has 1 atom stereocenters. The summed E-state index contributed by atoms with van der Waals surface area (Å²) in [4.78, 5) is 12.1. The van der Waals surface area contributed by atoms with Gasteiger partial charge in [0.1, 0.15) is 12.4 Å². The first-order valence-corrected chi connectivity index (χ1v) is 7.42. The number of hydrogen-bond donors (Lipinski definition) is 1. The van der Waals surface area contributed by atoms with Crippen LogP contribution >= 0.6 is 0 Å². The van der Waals surface area contributed by atoms with Crippen LogP contribution in [0.3, 0.4) is 0 Å². The molecule has 2 aromatic rings. The molecule has 0 fully saturated rings. The third-order valence-corrected chi connectivity index (χ3v) is 3.99. The lowest BCUT2D eigenvalue weighted by molar-refractivity contribution is 0.292. The van der Waals surface area contributed by atoms with Gasteiger partial charge in [-0.25, -0.2) is 0 Å². The lowest BCUT2D eigenvalue weighted by Gasteiger charge is -2.25. The zero-order valence-electron chi connectivity index (χ0n) is 12.0. The van der Waals surface area contributed by atoms with E-state index in [1.54, 1.807) is 6.07 Å². The minimum atomic E-state index is 0.0273. The third-order valence-electron chi connectivity index (χ3n) is 3.99. The minimum Gasteiger partial charge on any atom is -0.492 e. The first-order valence-electron chi connectivity index (χ1n) is 7.42. The van der Waals surface area contributed by atoms with E-state index in [4.69, 9.17) is 10.5 Å². The van der Waals surface area contributed by atoms with Gasteiger partial charge in [-0.05, 0) is 37.0 Å². The van der Waals surface area contributed by atoms with Crippen molar-refractivity contribution in [1.82, 2.24) is 4.57 Å². The van der Waals surface area contributed by atoms with Gasteiger partial charge in [-0.2, -0.15) is 0 Å². The Kier molecular flexibility index (Phi) is 4.06. The number of ether oxygens (including phenoxy) is 1. The largest absolute Gasteiger partial charge is 0.492 e. The number of hydrogen-bond acceptors (Lipinski definition) is 3. The molecule has 1 heterocycles. The van der Waals surface area contributed by atoms with E-state index in [0.29, 0.717) is 13.2 Å². The first-order chi connectivity index (χ1) is 10.3. The molecule has 3 rings (SSSR count). The van der Waals surface area contributed by atoms with Crippen LogP contribution in [0.15, 0.2) is 47.3 Å². The van der Waals surface area contributed by atoms with E-state index >= 15 is 0 Å². The molecule has 0 saturated heterocycles. The Bertz CT molecular complexity index is 664. The number of aromatic nitrogens is 1. The molecule has 1 aliphatic rings. The molecule has 4 nitrogen and oxygen atoms in total. The second-order valence-electron chi connectivity index (χ2n) is 5.39. The number of fused-ring (bicyclic) bond motifs is 1. The average molecular weight is 284 g/mol. The molecule has 1 aliphatic carbocycles. The predicted molar refractivity (Wildman–Crippen MR) is 82.5 cm³/mol. The summed E-state index contributed by atoms with van der Waals surface area (Å²) < 4.78 is 7.51. The van der Waals surface area contributed by atoms with Gasteiger partial charge in [0.15, 0.2) is 0 Å². The van der Waals surface area contributed by atoms with Crippen LogP contribution in [0.1, 0.15) is 30.1 Å². The van der Waals surface area contributed by atoms with E-state index in [9.17, 15) is 4.79 Å². The number of nitrogens with two attached hydrogens (primary N) is 1. The molecule has 0 aliphatic heterocycles. The van der Waals surface area contributed by atoms with Gasteiger partial charge in [0.2, 0.25) is 0 Å². The minimum absolute atomic E-state index is 0.0273. The van der Waals surface area contributed by atoms with Crippen molar-refractivity contribution in [3.05, 3.63) is 64.1 Å². The maximum Gasteiger partial charge on any atom is 0.250 e. The zero-order valence-corrected chi connectivity index (χ0v) is 12.0. The summed E-state index contributed by atoms with van der Waals surface area (Å²) in [5, 5.41) is 0. The number of nitrogens with zero attached hydrogens (tertiary/aromatic N) is 1. The predicted octanol–water partition coefficient (Wildman–Crippen LogP) is 2.26. The van der Waals surface area contributed by atoms with E-state index in [0.717, 1.165) is 36.3 Å². The van der Waals surface area contributed by atoms with Crippen molar-refractivity contribution in [2.45, 2.75) is 31.8 Å². The second kappa shape index (κ2) is 6.14. The maximum absolute atomic E-state index is 12.1. The molecule has 4 heteroatoms. The first kappa shape index (κ1) is 13.9. The second-order valence-corrected chi connectivity index (χ2v) is 5.39. The molecular weight excluding hydrogens is 264 g/mol. The van der Waals surface area contributed by atoms with E-state index in [1.807, 2.05) is 41.0 Å². The van der Waals surface area contributed by atoms with Gasteiger partial charge in [-0.1, -0.05) is 24.3 Å². The Hall–Kier alpha value is -2.07.